The van der Waals surface area contributed by atoms with Crippen LogP contribution in [0, 0.1) is 5.82 Å². The van der Waals surface area contributed by atoms with E-state index in [2.05, 4.69) is 42.0 Å². The fourth-order valence-electron chi connectivity index (χ4n) is 7.70. The summed E-state index contributed by atoms with van der Waals surface area (Å²) in [7, 11) is 0. The second kappa shape index (κ2) is 15.5. The largest absolute Gasteiger partial charge is 0.377 e. The molecule has 3 saturated heterocycles. The van der Waals surface area contributed by atoms with Gasteiger partial charge < -0.3 is 29.7 Å². The molecule has 10 nitrogen and oxygen atoms in total. The smallest absolute Gasteiger partial charge is 0.322 e. The van der Waals surface area contributed by atoms with Crippen LogP contribution in [0.1, 0.15) is 70.4 Å². The van der Waals surface area contributed by atoms with E-state index in [0.29, 0.717) is 64.4 Å². The number of halogens is 1. The topological polar surface area (TPSA) is 88.7 Å². The van der Waals surface area contributed by atoms with Crippen LogP contribution in [0.2, 0.25) is 0 Å². The average molecular weight is 709 g/mol. The van der Waals surface area contributed by atoms with Gasteiger partial charge in [0.15, 0.2) is 0 Å². The van der Waals surface area contributed by atoms with E-state index in [1.807, 2.05) is 47.9 Å². The Morgan fingerprint density at radius 3 is 2.40 bits per heavy atom. The molecule has 4 heterocycles. The van der Waals surface area contributed by atoms with E-state index < -0.39 is 10.6 Å². The Morgan fingerprint density at radius 2 is 1.70 bits per heavy atom. The van der Waals surface area contributed by atoms with Gasteiger partial charge in [-0.1, -0.05) is 30.3 Å². The van der Waals surface area contributed by atoms with Crippen molar-refractivity contribution in [2.24, 2.45) is 0 Å². The number of piperazine rings is 1. The summed E-state index contributed by atoms with van der Waals surface area (Å²) >= 11 is 1.45. The number of ether oxygens (including phenoxy) is 1. The van der Waals surface area contributed by atoms with Crippen LogP contribution in [-0.2, 0) is 20.7 Å². The molecule has 4 aliphatic rings. The van der Waals surface area contributed by atoms with E-state index >= 15 is 4.39 Å². The van der Waals surface area contributed by atoms with Crippen LogP contribution >= 0.6 is 11.8 Å². The number of amides is 4. The summed E-state index contributed by atoms with van der Waals surface area (Å²) in [6.07, 6.45) is 2.27. The molecule has 6 rings (SSSR count). The molecular weight excluding hydrogens is 656 g/mol. The predicted octanol–water partition coefficient (Wildman–Crippen LogP) is 5.59. The first-order chi connectivity index (χ1) is 23.9. The highest BCUT2D eigenvalue weighted by Gasteiger charge is 2.44. The summed E-state index contributed by atoms with van der Waals surface area (Å²) in [5, 5.41) is 2.05. The molecule has 50 heavy (non-hydrogen) atoms. The Morgan fingerprint density at radius 1 is 0.980 bits per heavy atom. The van der Waals surface area contributed by atoms with Gasteiger partial charge in [0.2, 0.25) is 11.8 Å². The Hall–Kier alpha value is -3.35. The molecule has 0 spiro atoms. The number of nitrogens with zero attached hydrogens (tertiary/aromatic N) is 5. The number of fused-ring (bicyclic) bond motifs is 1. The predicted molar refractivity (Wildman–Crippen MR) is 197 cm³/mol. The van der Waals surface area contributed by atoms with Gasteiger partial charge in [0.05, 0.1) is 23.6 Å². The van der Waals surface area contributed by atoms with Crippen LogP contribution in [0.25, 0.3) is 0 Å². The molecule has 4 amide bonds. The summed E-state index contributed by atoms with van der Waals surface area (Å²) < 4.78 is 21.6. The van der Waals surface area contributed by atoms with Crippen LogP contribution < -0.4 is 10.2 Å². The van der Waals surface area contributed by atoms with Gasteiger partial charge >= 0.3 is 6.03 Å². The maximum atomic E-state index is 15.8. The van der Waals surface area contributed by atoms with Crippen molar-refractivity contribution in [2.75, 3.05) is 69.2 Å². The zero-order valence-corrected chi connectivity index (χ0v) is 31.0. The van der Waals surface area contributed by atoms with E-state index in [9.17, 15) is 14.4 Å². The van der Waals surface area contributed by atoms with Crippen molar-refractivity contribution in [1.82, 2.24) is 19.6 Å². The zero-order chi connectivity index (χ0) is 35.6. The van der Waals surface area contributed by atoms with E-state index in [1.54, 1.807) is 11.0 Å². The summed E-state index contributed by atoms with van der Waals surface area (Å²) in [5.74, 6) is -0.453. The molecule has 12 heteroatoms. The molecule has 2 aromatic rings. The number of rotatable bonds is 9. The quantitative estimate of drug-likeness (QED) is 0.364. The molecular formula is C38H53FN6O4S. The van der Waals surface area contributed by atoms with Crippen molar-refractivity contribution in [2.45, 2.75) is 88.6 Å². The number of likely N-dealkylation sites (tertiary alicyclic amines) is 1. The molecule has 0 aromatic heterocycles. The van der Waals surface area contributed by atoms with Crippen molar-refractivity contribution < 1.29 is 23.5 Å². The number of carbonyl (C=O) groups excluding carboxylic acids is 3. The summed E-state index contributed by atoms with van der Waals surface area (Å²) in [5.41, 5.74) is 3.35. The summed E-state index contributed by atoms with van der Waals surface area (Å²) in [6, 6.07) is 13.0. The minimum absolute atomic E-state index is 0.0127. The molecule has 1 N–H and O–H groups in total. The molecule has 272 valence electrons. The number of para-hydroxylation sites is 2. The minimum Gasteiger partial charge on any atom is -0.377 e. The van der Waals surface area contributed by atoms with Crippen LogP contribution in [0.15, 0.2) is 42.5 Å². The van der Waals surface area contributed by atoms with Gasteiger partial charge in [-0.05, 0) is 71.6 Å². The number of piperidine rings is 1. The molecule has 4 aliphatic heterocycles. The molecule has 2 atom stereocenters. The standard InChI is InChI=1S/C38H53FN6O4S/c1-26(2)49-24-23-45-35(47)32(50-36(45)29-10-8-11-30(39)34(29)42-19-21-43(22-20-42)38(3,4)5)25-33(46)41-16-14-28(15-17-41)44-18-13-27-9-6-7-12-31(27)40-37(44)48/h6-12,26,28,32,36H,13-25H2,1-5H3,(H,40,48)/t32-,36?/m1/s1. The third kappa shape index (κ3) is 8.07. The summed E-state index contributed by atoms with van der Waals surface area (Å²) in [6.45, 7) is 16.0. The average Bonchev–Trinajstić information content (AvgIpc) is 3.27. The number of nitrogens with one attached hydrogen (secondary N) is 1. The van der Waals surface area contributed by atoms with Gasteiger partial charge in [0.1, 0.15) is 11.2 Å². The maximum absolute atomic E-state index is 15.8. The van der Waals surface area contributed by atoms with E-state index in [1.165, 1.54) is 17.8 Å². The Bertz CT molecular complexity index is 1540. The first kappa shape index (κ1) is 36.4. The fraction of sp³-hybridized carbons (Fsp3) is 0.605. The molecule has 3 fully saturated rings. The first-order valence-corrected chi connectivity index (χ1v) is 19.1. The third-order valence-corrected chi connectivity index (χ3v) is 12.0. The number of carbonyl (C=O) groups is 3. The van der Waals surface area contributed by atoms with E-state index in [4.69, 9.17) is 4.74 Å². The number of anilines is 2. The van der Waals surface area contributed by atoms with Crippen molar-refractivity contribution in [3.63, 3.8) is 0 Å². The highest BCUT2D eigenvalue weighted by atomic mass is 32.2. The number of hydrogen-bond donors (Lipinski definition) is 1. The van der Waals surface area contributed by atoms with Crippen LogP contribution in [0.3, 0.4) is 0 Å². The second-order valence-corrected chi connectivity index (χ2v) is 16.4. The van der Waals surface area contributed by atoms with Gasteiger partial charge in [-0.15, -0.1) is 11.8 Å². The lowest BCUT2D eigenvalue weighted by atomic mass is 10.0. The fourth-order valence-corrected chi connectivity index (χ4v) is 9.19. The molecule has 2 aromatic carbocycles. The number of thioether (sulfide) groups is 1. The van der Waals surface area contributed by atoms with Crippen molar-refractivity contribution in [1.29, 1.82) is 0 Å². The normalized spacial score (nSPS) is 22.6. The molecule has 0 radical (unpaired) electrons. The third-order valence-electron chi connectivity index (χ3n) is 10.5. The Balaban J connectivity index is 1.12. The lowest BCUT2D eigenvalue weighted by molar-refractivity contribution is -0.137. The van der Waals surface area contributed by atoms with E-state index in [-0.39, 0.29) is 47.8 Å². The van der Waals surface area contributed by atoms with Crippen molar-refractivity contribution >= 4 is 41.0 Å². The monoisotopic (exact) mass is 708 g/mol. The van der Waals surface area contributed by atoms with Crippen LogP contribution in [0.5, 0.6) is 0 Å². The number of benzene rings is 2. The zero-order valence-electron chi connectivity index (χ0n) is 30.2. The van der Waals surface area contributed by atoms with E-state index in [0.717, 1.165) is 36.3 Å². The number of urea groups is 1. The van der Waals surface area contributed by atoms with Crippen molar-refractivity contribution in [3.05, 3.63) is 59.4 Å². The molecule has 0 bridgehead atoms. The van der Waals surface area contributed by atoms with Gasteiger partial charge in [-0.3, -0.25) is 14.5 Å². The van der Waals surface area contributed by atoms with Crippen LogP contribution in [0.4, 0.5) is 20.6 Å². The molecule has 1 unspecified atom stereocenters. The molecule has 0 saturated carbocycles. The second-order valence-electron chi connectivity index (χ2n) is 15.1. The van der Waals surface area contributed by atoms with Crippen LogP contribution in [-0.4, -0.2) is 119 Å². The maximum Gasteiger partial charge on any atom is 0.322 e. The summed E-state index contributed by atoms with van der Waals surface area (Å²) in [4.78, 5) is 51.0. The minimum atomic E-state index is -0.576. The van der Waals surface area contributed by atoms with Gasteiger partial charge in [0, 0.05) is 81.6 Å². The lowest BCUT2D eigenvalue weighted by Crippen LogP contribution is -2.53. The lowest BCUT2D eigenvalue weighted by Gasteiger charge is -2.43. The Labute approximate surface area is 300 Å². The number of hydrogen-bond acceptors (Lipinski definition) is 7. The molecule has 0 aliphatic carbocycles. The van der Waals surface area contributed by atoms with Crippen molar-refractivity contribution in [3.8, 4) is 0 Å². The van der Waals surface area contributed by atoms with Gasteiger partial charge in [-0.2, -0.15) is 0 Å². The Kier molecular flexibility index (Phi) is 11.3. The van der Waals surface area contributed by atoms with Gasteiger partial charge in [-0.25, -0.2) is 9.18 Å². The highest BCUT2D eigenvalue weighted by Crippen LogP contribution is 2.48. The van der Waals surface area contributed by atoms with Gasteiger partial charge in [0.25, 0.3) is 0 Å². The SMILES string of the molecule is CC(C)OCCN1C(=O)[C@@H](CC(=O)N2CCC(N3CCc4ccccc4NC3=O)CC2)SC1c1cccc(F)c1N1CCN(C(C)(C)C)CC1. The first-order valence-electron chi connectivity index (χ1n) is 18.2. The highest BCUT2D eigenvalue weighted by molar-refractivity contribution is 8.01.